The first-order valence-corrected chi connectivity index (χ1v) is 7.54. The van der Waals surface area contributed by atoms with Gasteiger partial charge in [0.2, 0.25) is 5.91 Å². The van der Waals surface area contributed by atoms with Gasteiger partial charge in [-0.15, -0.1) is 0 Å². The number of rotatable bonds is 10. The van der Waals surface area contributed by atoms with Crippen LogP contribution in [-0.2, 0) is 9.59 Å². The third-order valence-electron chi connectivity index (χ3n) is 3.86. The lowest BCUT2D eigenvalue weighted by Crippen LogP contribution is -2.37. The van der Waals surface area contributed by atoms with Gasteiger partial charge in [-0.2, -0.15) is 0 Å². The van der Waals surface area contributed by atoms with E-state index in [1.165, 1.54) is 0 Å². The zero-order valence-electron chi connectivity index (χ0n) is 13.3. The Morgan fingerprint density at radius 1 is 1.20 bits per heavy atom. The molecule has 20 heavy (non-hydrogen) atoms. The quantitative estimate of drug-likeness (QED) is 0.643. The fraction of sp³-hybridized carbons (Fsp3) is 0.867. The Morgan fingerprint density at radius 2 is 1.80 bits per heavy atom. The molecule has 5 heteroatoms. The monoisotopic (exact) mass is 286 g/mol. The molecule has 0 aliphatic rings. The normalized spacial score (nSPS) is 14.1. The predicted octanol–water partition coefficient (Wildman–Crippen LogP) is 1.96. The minimum absolute atomic E-state index is 0.0447. The molecular formula is C15H30N2O3. The lowest BCUT2D eigenvalue weighted by Gasteiger charge is -2.25. The lowest BCUT2D eigenvalue weighted by atomic mass is 9.88. The zero-order chi connectivity index (χ0) is 15.7. The Balaban J connectivity index is 4.37. The van der Waals surface area contributed by atoms with E-state index in [0.29, 0.717) is 31.3 Å². The maximum atomic E-state index is 12.2. The molecule has 1 amide bonds. The van der Waals surface area contributed by atoms with Crippen molar-refractivity contribution in [3.8, 4) is 0 Å². The molecule has 0 saturated heterocycles. The number of carbonyl (C=O) groups excluding carboxylic acids is 1. The summed E-state index contributed by atoms with van der Waals surface area (Å²) in [6.45, 7) is 9.29. The van der Waals surface area contributed by atoms with Crippen LogP contribution < -0.4 is 5.73 Å². The van der Waals surface area contributed by atoms with E-state index in [0.717, 1.165) is 12.8 Å². The van der Waals surface area contributed by atoms with Gasteiger partial charge in [0.1, 0.15) is 0 Å². The summed E-state index contributed by atoms with van der Waals surface area (Å²) >= 11 is 0. The molecule has 0 fully saturated rings. The number of hydrogen-bond acceptors (Lipinski definition) is 3. The van der Waals surface area contributed by atoms with Crippen LogP contribution in [-0.4, -0.2) is 41.5 Å². The van der Waals surface area contributed by atoms with Crippen LogP contribution in [0.2, 0.25) is 0 Å². The molecule has 0 radical (unpaired) electrons. The van der Waals surface area contributed by atoms with Crippen molar-refractivity contribution >= 4 is 11.9 Å². The van der Waals surface area contributed by atoms with Crippen molar-refractivity contribution in [1.29, 1.82) is 0 Å². The second-order valence-electron chi connectivity index (χ2n) is 5.79. The van der Waals surface area contributed by atoms with Gasteiger partial charge in [-0.25, -0.2) is 0 Å². The first-order chi connectivity index (χ1) is 9.33. The number of carboxylic acids is 1. The molecule has 0 rings (SSSR count). The molecule has 0 heterocycles. The summed E-state index contributed by atoms with van der Waals surface area (Å²) < 4.78 is 0. The molecule has 2 atom stereocenters. The second kappa shape index (κ2) is 9.75. The topological polar surface area (TPSA) is 83.6 Å². The lowest BCUT2D eigenvalue weighted by molar-refractivity contribution is -0.143. The summed E-state index contributed by atoms with van der Waals surface area (Å²) in [7, 11) is 0. The SMILES string of the molecule is CCN(CC(C)C(=O)O)C(=O)CCC(CCN)C(C)C. The molecule has 0 aliphatic heterocycles. The molecular weight excluding hydrogens is 256 g/mol. The van der Waals surface area contributed by atoms with Gasteiger partial charge in [0, 0.05) is 19.5 Å². The summed E-state index contributed by atoms with van der Waals surface area (Å²) in [5.74, 6) is -0.370. The van der Waals surface area contributed by atoms with Crippen molar-refractivity contribution in [1.82, 2.24) is 4.90 Å². The van der Waals surface area contributed by atoms with Gasteiger partial charge >= 0.3 is 5.97 Å². The van der Waals surface area contributed by atoms with Gasteiger partial charge in [0.15, 0.2) is 0 Å². The summed E-state index contributed by atoms with van der Waals surface area (Å²) in [4.78, 5) is 24.7. The third kappa shape index (κ3) is 6.89. The number of carbonyl (C=O) groups is 2. The Hall–Kier alpha value is -1.10. The molecule has 2 unspecified atom stereocenters. The highest BCUT2D eigenvalue weighted by Gasteiger charge is 2.21. The van der Waals surface area contributed by atoms with Crippen LogP contribution in [0.15, 0.2) is 0 Å². The van der Waals surface area contributed by atoms with E-state index < -0.39 is 11.9 Å². The molecule has 0 aromatic carbocycles. The molecule has 0 spiro atoms. The molecule has 0 aliphatic carbocycles. The second-order valence-corrected chi connectivity index (χ2v) is 5.79. The Bertz CT molecular complexity index is 305. The molecule has 5 nitrogen and oxygen atoms in total. The highest BCUT2D eigenvalue weighted by atomic mass is 16.4. The minimum atomic E-state index is -0.862. The summed E-state index contributed by atoms with van der Waals surface area (Å²) in [5, 5.41) is 8.92. The van der Waals surface area contributed by atoms with Crippen LogP contribution in [0.5, 0.6) is 0 Å². The number of nitrogens with two attached hydrogens (primary N) is 1. The smallest absolute Gasteiger partial charge is 0.308 e. The molecule has 0 aromatic heterocycles. The number of aliphatic carboxylic acids is 1. The van der Waals surface area contributed by atoms with E-state index in [9.17, 15) is 9.59 Å². The average Bonchev–Trinajstić information content (AvgIpc) is 2.39. The van der Waals surface area contributed by atoms with Crippen molar-refractivity contribution in [2.75, 3.05) is 19.6 Å². The van der Waals surface area contributed by atoms with Gasteiger partial charge in [-0.1, -0.05) is 20.8 Å². The fourth-order valence-corrected chi connectivity index (χ4v) is 2.31. The van der Waals surface area contributed by atoms with E-state index in [-0.39, 0.29) is 12.5 Å². The van der Waals surface area contributed by atoms with Crippen LogP contribution in [0.1, 0.15) is 47.0 Å². The zero-order valence-corrected chi connectivity index (χ0v) is 13.3. The van der Waals surface area contributed by atoms with Crippen LogP contribution in [0, 0.1) is 17.8 Å². The number of hydrogen-bond donors (Lipinski definition) is 2. The van der Waals surface area contributed by atoms with Crippen molar-refractivity contribution < 1.29 is 14.7 Å². The van der Waals surface area contributed by atoms with Crippen LogP contribution in [0.3, 0.4) is 0 Å². The van der Waals surface area contributed by atoms with E-state index in [2.05, 4.69) is 13.8 Å². The average molecular weight is 286 g/mol. The first-order valence-electron chi connectivity index (χ1n) is 7.54. The Kier molecular flexibility index (Phi) is 9.21. The van der Waals surface area contributed by atoms with Crippen LogP contribution in [0.4, 0.5) is 0 Å². The largest absolute Gasteiger partial charge is 0.481 e. The maximum absolute atomic E-state index is 12.2. The maximum Gasteiger partial charge on any atom is 0.308 e. The molecule has 118 valence electrons. The van der Waals surface area contributed by atoms with Gasteiger partial charge < -0.3 is 15.7 Å². The van der Waals surface area contributed by atoms with E-state index in [1.54, 1.807) is 11.8 Å². The standard InChI is InChI=1S/C15H30N2O3/c1-5-17(10-12(4)15(19)20)14(18)7-6-13(8-9-16)11(2)3/h11-13H,5-10,16H2,1-4H3,(H,19,20). The Morgan fingerprint density at radius 3 is 2.20 bits per heavy atom. The summed E-state index contributed by atoms with van der Waals surface area (Å²) in [5.41, 5.74) is 5.60. The highest BCUT2D eigenvalue weighted by Crippen LogP contribution is 2.21. The van der Waals surface area contributed by atoms with Crippen molar-refractivity contribution in [3.05, 3.63) is 0 Å². The first kappa shape index (κ1) is 18.9. The summed E-state index contributed by atoms with van der Waals surface area (Å²) in [6, 6.07) is 0. The number of carboxylic acid groups (broad SMARTS) is 1. The van der Waals surface area contributed by atoms with Gasteiger partial charge in [-0.3, -0.25) is 9.59 Å². The van der Waals surface area contributed by atoms with Crippen molar-refractivity contribution in [2.24, 2.45) is 23.5 Å². The van der Waals surface area contributed by atoms with Crippen molar-refractivity contribution in [3.63, 3.8) is 0 Å². The van der Waals surface area contributed by atoms with Gasteiger partial charge in [-0.05, 0) is 38.1 Å². The van der Waals surface area contributed by atoms with Crippen LogP contribution >= 0.6 is 0 Å². The molecule has 3 N–H and O–H groups in total. The third-order valence-corrected chi connectivity index (χ3v) is 3.86. The van der Waals surface area contributed by atoms with E-state index in [1.807, 2.05) is 6.92 Å². The molecule has 0 saturated carbocycles. The highest BCUT2D eigenvalue weighted by molar-refractivity contribution is 5.77. The number of nitrogens with zero attached hydrogens (tertiary/aromatic N) is 1. The van der Waals surface area contributed by atoms with E-state index in [4.69, 9.17) is 10.8 Å². The van der Waals surface area contributed by atoms with Crippen molar-refractivity contribution in [2.45, 2.75) is 47.0 Å². The minimum Gasteiger partial charge on any atom is -0.481 e. The van der Waals surface area contributed by atoms with Gasteiger partial charge in [0.05, 0.1) is 5.92 Å². The predicted molar refractivity (Wildman–Crippen MR) is 80.3 cm³/mol. The molecule has 0 bridgehead atoms. The fourth-order valence-electron chi connectivity index (χ4n) is 2.31. The summed E-state index contributed by atoms with van der Waals surface area (Å²) in [6.07, 6.45) is 2.23. The number of amides is 1. The van der Waals surface area contributed by atoms with E-state index >= 15 is 0 Å². The van der Waals surface area contributed by atoms with Gasteiger partial charge in [0.25, 0.3) is 0 Å². The Labute approximate surface area is 122 Å². The molecule has 0 aromatic rings. The van der Waals surface area contributed by atoms with Crippen LogP contribution in [0.25, 0.3) is 0 Å².